The van der Waals surface area contributed by atoms with Crippen molar-refractivity contribution in [3.63, 3.8) is 0 Å². The predicted molar refractivity (Wildman–Crippen MR) is 67.2 cm³/mol. The molecule has 2 heterocycles. The van der Waals surface area contributed by atoms with Crippen molar-refractivity contribution in [2.75, 3.05) is 19.6 Å². The summed E-state index contributed by atoms with van der Waals surface area (Å²) >= 11 is 1.61. The Morgan fingerprint density at radius 1 is 1.56 bits per heavy atom. The van der Waals surface area contributed by atoms with E-state index >= 15 is 0 Å². The van der Waals surface area contributed by atoms with Crippen LogP contribution in [0.5, 0.6) is 0 Å². The Bertz CT molecular complexity index is 380. The summed E-state index contributed by atoms with van der Waals surface area (Å²) in [6.07, 6.45) is 0. The molecule has 4 heteroatoms. The van der Waals surface area contributed by atoms with E-state index in [0.717, 1.165) is 24.5 Å². The monoisotopic (exact) mass is 238 g/mol. The van der Waals surface area contributed by atoms with Crippen LogP contribution < -0.4 is 5.32 Å². The van der Waals surface area contributed by atoms with Crippen LogP contribution in [0.3, 0.4) is 0 Å². The molecule has 0 spiro atoms. The number of carbonyl (C=O) groups excluding carboxylic acids is 1. The number of hydrogen-bond donors (Lipinski definition) is 1. The highest BCUT2D eigenvalue weighted by molar-refractivity contribution is 7.14. The van der Waals surface area contributed by atoms with Crippen LogP contribution in [0.2, 0.25) is 0 Å². The second kappa shape index (κ2) is 4.55. The number of amides is 1. The first kappa shape index (κ1) is 11.6. The third-order valence-electron chi connectivity index (χ3n) is 3.03. The third-order valence-corrected chi connectivity index (χ3v) is 4.17. The maximum Gasteiger partial charge on any atom is 0.264 e. The fourth-order valence-corrected chi connectivity index (χ4v) is 2.95. The summed E-state index contributed by atoms with van der Waals surface area (Å²) in [6, 6.07) is 2.41. The Morgan fingerprint density at radius 3 is 2.88 bits per heavy atom. The minimum atomic E-state index is 0.189. The lowest BCUT2D eigenvalue weighted by Crippen LogP contribution is -2.51. The molecule has 0 bridgehead atoms. The fourth-order valence-electron chi connectivity index (χ4n) is 1.95. The maximum atomic E-state index is 12.2. The quantitative estimate of drug-likeness (QED) is 0.809. The van der Waals surface area contributed by atoms with E-state index in [4.69, 9.17) is 0 Å². The lowest BCUT2D eigenvalue weighted by Gasteiger charge is -2.31. The molecule has 1 aliphatic heterocycles. The highest BCUT2D eigenvalue weighted by Gasteiger charge is 2.22. The first-order valence-corrected chi connectivity index (χ1v) is 6.49. The number of carbonyl (C=O) groups is 1. The van der Waals surface area contributed by atoms with Crippen molar-refractivity contribution in [3.05, 3.63) is 21.4 Å². The maximum absolute atomic E-state index is 12.2. The van der Waals surface area contributed by atoms with Crippen LogP contribution >= 0.6 is 11.3 Å². The minimum absolute atomic E-state index is 0.189. The van der Waals surface area contributed by atoms with Gasteiger partial charge in [0, 0.05) is 30.6 Å². The average molecular weight is 238 g/mol. The Hall–Kier alpha value is -0.870. The molecule has 88 valence electrons. The van der Waals surface area contributed by atoms with E-state index in [1.165, 1.54) is 10.4 Å². The lowest BCUT2D eigenvalue weighted by molar-refractivity contribution is 0.0714. The Kier molecular flexibility index (Phi) is 3.30. The summed E-state index contributed by atoms with van der Waals surface area (Å²) in [7, 11) is 0. The number of rotatable bonds is 1. The van der Waals surface area contributed by atoms with Gasteiger partial charge in [0.2, 0.25) is 0 Å². The van der Waals surface area contributed by atoms with Gasteiger partial charge in [-0.25, -0.2) is 0 Å². The Morgan fingerprint density at radius 2 is 2.31 bits per heavy atom. The van der Waals surface area contributed by atoms with Crippen molar-refractivity contribution in [1.82, 2.24) is 10.2 Å². The van der Waals surface area contributed by atoms with E-state index in [2.05, 4.69) is 26.1 Å². The molecule has 0 saturated carbocycles. The third kappa shape index (κ3) is 2.28. The highest BCUT2D eigenvalue weighted by Crippen LogP contribution is 2.22. The Balaban J connectivity index is 2.12. The molecular weight excluding hydrogens is 220 g/mol. The number of nitrogens with zero attached hydrogens (tertiary/aromatic N) is 1. The number of aryl methyl sites for hydroxylation is 2. The molecule has 3 nitrogen and oxygen atoms in total. The van der Waals surface area contributed by atoms with Gasteiger partial charge in [-0.3, -0.25) is 4.79 Å². The van der Waals surface area contributed by atoms with E-state index in [-0.39, 0.29) is 5.91 Å². The molecule has 1 aromatic rings. The Labute approximate surface area is 100 Å². The summed E-state index contributed by atoms with van der Waals surface area (Å²) in [5, 5.41) is 3.34. The number of piperazine rings is 1. The number of nitrogens with one attached hydrogen (secondary N) is 1. The van der Waals surface area contributed by atoms with Gasteiger partial charge in [0.05, 0.1) is 4.88 Å². The SMILES string of the molecule is Cc1cc(C(=O)N2CCN[C@H](C)C2)sc1C. The minimum Gasteiger partial charge on any atom is -0.335 e. The molecule has 1 atom stereocenters. The van der Waals surface area contributed by atoms with Gasteiger partial charge in [-0.05, 0) is 32.4 Å². The molecule has 1 fully saturated rings. The summed E-state index contributed by atoms with van der Waals surface area (Å²) in [5.41, 5.74) is 1.22. The van der Waals surface area contributed by atoms with Gasteiger partial charge in [-0.2, -0.15) is 0 Å². The molecule has 0 aromatic carbocycles. The van der Waals surface area contributed by atoms with Gasteiger partial charge >= 0.3 is 0 Å². The van der Waals surface area contributed by atoms with Crippen molar-refractivity contribution in [1.29, 1.82) is 0 Å². The average Bonchev–Trinajstić information content (AvgIpc) is 2.58. The van der Waals surface area contributed by atoms with Gasteiger partial charge < -0.3 is 10.2 Å². The van der Waals surface area contributed by atoms with Gasteiger partial charge in [0.1, 0.15) is 0 Å². The molecule has 16 heavy (non-hydrogen) atoms. The molecule has 1 N–H and O–H groups in total. The number of hydrogen-bond acceptors (Lipinski definition) is 3. The standard InChI is InChI=1S/C12H18N2OS/c1-8-6-11(16-10(8)3)12(15)14-5-4-13-9(2)7-14/h6,9,13H,4-5,7H2,1-3H3/t9-/m1/s1. The zero-order valence-electron chi connectivity index (χ0n) is 10.0. The molecule has 1 aliphatic rings. The molecule has 1 amide bonds. The van der Waals surface area contributed by atoms with Crippen LogP contribution in [0.4, 0.5) is 0 Å². The van der Waals surface area contributed by atoms with Crippen molar-refractivity contribution < 1.29 is 4.79 Å². The molecule has 0 unspecified atom stereocenters. The molecule has 1 saturated heterocycles. The van der Waals surface area contributed by atoms with Gasteiger partial charge in [0.15, 0.2) is 0 Å². The summed E-state index contributed by atoms with van der Waals surface area (Å²) < 4.78 is 0. The first-order valence-electron chi connectivity index (χ1n) is 5.67. The van der Waals surface area contributed by atoms with E-state index in [1.54, 1.807) is 11.3 Å². The second-order valence-corrected chi connectivity index (χ2v) is 5.71. The predicted octanol–water partition coefficient (Wildman–Crippen LogP) is 1.80. The van der Waals surface area contributed by atoms with E-state index in [9.17, 15) is 4.79 Å². The lowest BCUT2D eigenvalue weighted by atomic mass is 10.2. The van der Waals surface area contributed by atoms with Crippen LogP contribution in [-0.2, 0) is 0 Å². The summed E-state index contributed by atoms with van der Waals surface area (Å²) in [6.45, 7) is 8.77. The molecule has 0 aliphatic carbocycles. The largest absolute Gasteiger partial charge is 0.335 e. The summed E-state index contributed by atoms with van der Waals surface area (Å²) in [4.78, 5) is 16.3. The molecule has 2 rings (SSSR count). The highest BCUT2D eigenvalue weighted by atomic mass is 32.1. The fraction of sp³-hybridized carbons (Fsp3) is 0.583. The molecular formula is C12H18N2OS. The van der Waals surface area contributed by atoms with Gasteiger partial charge in [-0.1, -0.05) is 0 Å². The first-order chi connectivity index (χ1) is 7.58. The van der Waals surface area contributed by atoms with Crippen LogP contribution in [-0.4, -0.2) is 36.5 Å². The molecule has 1 aromatic heterocycles. The van der Waals surface area contributed by atoms with E-state index in [0.29, 0.717) is 6.04 Å². The van der Waals surface area contributed by atoms with E-state index < -0.39 is 0 Å². The summed E-state index contributed by atoms with van der Waals surface area (Å²) in [5.74, 6) is 0.189. The second-order valence-electron chi connectivity index (χ2n) is 4.46. The van der Waals surface area contributed by atoms with Crippen LogP contribution in [0.15, 0.2) is 6.07 Å². The van der Waals surface area contributed by atoms with Crippen LogP contribution in [0.1, 0.15) is 27.0 Å². The van der Waals surface area contributed by atoms with Crippen molar-refractivity contribution in [2.24, 2.45) is 0 Å². The van der Waals surface area contributed by atoms with Crippen molar-refractivity contribution in [2.45, 2.75) is 26.8 Å². The van der Waals surface area contributed by atoms with E-state index in [1.807, 2.05) is 11.0 Å². The van der Waals surface area contributed by atoms with Gasteiger partial charge in [0.25, 0.3) is 5.91 Å². The van der Waals surface area contributed by atoms with Crippen molar-refractivity contribution in [3.8, 4) is 0 Å². The smallest absolute Gasteiger partial charge is 0.264 e. The van der Waals surface area contributed by atoms with Crippen LogP contribution in [0.25, 0.3) is 0 Å². The van der Waals surface area contributed by atoms with Crippen molar-refractivity contribution >= 4 is 17.2 Å². The zero-order valence-corrected chi connectivity index (χ0v) is 10.9. The van der Waals surface area contributed by atoms with Gasteiger partial charge in [-0.15, -0.1) is 11.3 Å². The zero-order chi connectivity index (χ0) is 11.7. The van der Waals surface area contributed by atoms with Crippen LogP contribution in [0, 0.1) is 13.8 Å². The topological polar surface area (TPSA) is 32.3 Å². The molecule has 0 radical (unpaired) electrons. The normalized spacial score (nSPS) is 21.2. The number of thiophene rings is 1.